The van der Waals surface area contributed by atoms with Gasteiger partial charge in [0.15, 0.2) is 0 Å². The number of ether oxygens (including phenoxy) is 1. The summed E-state index contributed by atoms with van der Waals surface area (Å²) in [6, 6.07) is 19.5. The van der Waals surface area contributed by atoms with E-state index in [1.165, 1.54) is 0 Å². The lowest BCUT2D eigenvalue weighted by molar-refractivity contribution is -0.148. The summed E-state index contributed by atoms with van der Waals surface area (Å²) in [4.78, 5) is 49.0. The van der Waals surface area contributed by atoms with Gasteiger partial charge in [0.25, 0.3) is 0 Å². The number of rotatable bonds is 8. The van der Waals surface area contributed by atoms with Crippen molar-refractivity contribution < 1.29 is 24.2 Å². The molecule has 1 saturated heterocycles. The van der Waals surface area contributed by atoms with Crippen molar-refractivity contribution in [3.63, 3.8) is 0 Å². The van der Waals surface area contributed by atoms with E-state index in [1.54, 1.807) is 16.7 Å². The fraction of sp³-hybridized carbons (Fsp3) is 0.585. The average Bonchev–Trinajstić information content (AvgIpc) is 3.25. The summed E-state index contributed by atoms with van der Waals surface area (Å²) in [5, 5.41) is 12.5. The molecule has 2 fully saturated rings. The van der Waals surface area contributed by atoms with Gasteiger partial charge in [-0.1, -0.05) is 86.5 Å². The molecule has 0 spiro atoms. The molecule has 9 nitrogen and oxygen atoms in total. The molecule has 0 bridgehead atoms. The maximum atomic E-state index is 15.3. The Balaban J connectivity index is 1.53. The second-order valence-electron chi connectivity index (χ2n) is 15.6. The molecule has 50 heavy (non-hydrogen) atoms. The molecule has 3 amide bonds. The van der Waals surface area contributed by atoms with E-state index in [-0.39, 0.29) is 48.5 Å². The van der Waals surface area contributed by atoms with Gasteiger partial charge in [-0.15, -0.1) is 0 Å². The van der Waals surface area contributed by atoms with Crippen LogP contribution in [0.5, 0.6) is 0 Å². The van der Waals surface area contributed by atoms with Crippen molar-refractivity contribution in [3.8, 4) is 0 Å². The van der Waals surface area contributed by atoms with Crippen LogP contribution in [0, 0.1) is 11.8 Å². The van der Waals surface area contributed by atoms with Gasteiger partial charge in [-0.25, -0.2) is 4.79 Å². The van der Waals surface area contributed by atoms with E-state index >= 15 is 4.79 Å². The highest BCUT2D eigenvalue weighted by Gasteiger charge is 2.50. The molecular weight excluding hydrogens is 628 g/mol. The third-order valence-electron chi connectivity index (χ3n) is 10.8. The number of hydrogen-bond acceptors (Lipinski definition) is 6. The number of hydrogen-bond donors (Lipinski definition) is 1. The Morgan fingerprint density at radius 3 is 2.32 bits per heavy atom. The van der Waals surface area contributed by atoms with Crippen LogP contribution in [-0.4, -0.2) is 98.6 Å². The predicted octanol–water partition coefficient (Wildman–Crippen LogP) is 6.43. The van der Waals surface area contributed by atoms with Crippen LogP contribution in [0.3, 0.4) is 0 Å². The molecule has 2 aromatic carbocycles. The van der Waals surface area contributed by atoms with Gasteiger partial charge in [-0.05, 0) is 76.6 Å². The number of benzene rings is 2. The number of nitrogens with zero attached hydrogens (tertiary/aromatic N) is 4. The van der Waals surface area contributed by atoms with Gasteiger partial charge in [0, 0.05) is 33.1 Å². The molecule has 6 atom stereocenters. The van der Waals surface area contributed by atoms with Gasteiger partial charge < -0.3 is 29.4 Å². The van der Waals surface area contributed by atoms with E-state index in [4.69, 9.17) is 4.74 Å². The zero-order chi connectivity index (χ0) is 36.1. The van der Waals surface area contributed by atoms with Crippen molar-refractivity contribution in [1.29, 1.82) is 0 Å². The summed E-state index contributed by atoms with van der Waals surface area (Å²) in [6.45, 7) is 13.3. The largest absolute Gasteiger partial charge is 0.444 e. The van der Waals surface area contributed by atoms with Crippen LogP contribution < -0.4 is 0 Å². The fourth-order valence-electron chi connectivity index (χ4n) is 8.32. The lowest BCUT2D eigenvalue weighted by atomic mass is 9.75. The van der Waals surface area contributed by atoms with Crippen LogP contribution in [0.1, 0.15) is 90.8 Å². The van der Waals surface area contributed by atoms with Gasteiger partial charge in [0.05, 0.1) is 30.6 Å². The molecule has 5 unspecified atom stereocenters. The lowest BCUT2D eigenvalue weighted by Crippen LogP contribution is -2.62. The van der Waals surface area contributed by atoms with Crippen molar-refractivity contribution in [2.75, 3.05) is 32.7 Å². The maximum absolute atomic E-state index is 15.3. The Labute approximate surface area is 299 Å². The molecule has 1 saturated carbocycles. The predicted molar refractivity (Wildman–Crippen MR) is 196 cm³/mol. The monoisotopic (exact) mass is 686 g/mol. The number of likely N-dealkylation sites (N-methyl/N-ethyl adjacent to an activating group) is 1. The van der Waals surface area contributed by atoms with Crippen molar-refractivity contribution in [3.05, 3.63) is 84.1 Å². The highest BCUT2D eigenvalue weighted by atomic mass is 16.6. The first-order valence-electron chi connectivity index (χ1n) is 18.6. The molecule has 1 N–H and O–H groups in total. The first-order chi connectivity index (χ1) is 23.8. The number of amides is 3. The van der Waals surface area contributed by atoms with Crippen LogP contribution in [0.25, 0.3) is 0 Å². The SMILES string of the molecule is CCN(CC1(O)CCCCC1N1C=CCC(C)C(C(=O)N2CCN(C(=O)OC(C)(C)C)C[C@H]2Cc2ccccc2)C1c1ccccc1)C(C)=O. The van der Waals surface area contributed by atoms with Gasteiger partial charge >= 0.3 is 6.09 Å². The highest BCUT2D eigenvalue weighted by molar-refractivity contribution is 5.81. The smallest absolute Gasteiger partial charge is 0.410 e. The zero-order valence-corrected chi connectivity index (χ0v) is 31.0. The molecule has 2 aromatic rings. The standard InChI is InChI=1S/C41H58N4O5/c1-7-42(31(3)46)29-41(49)23-15-14-22-35(41)45-24-16-17-30(2)36(37(45)33-20-12-9-13-21-33)38(47)44-26-25-43(39(48)50-40(4,5)6)28-34(44)27-32-18-10-8-11-19-32/h8-13,16,18-21,24,30,34-37,49H,7,14-15,17,22-23,25-29H2,1-6H3/t30?,34-,35?,36?,37?,41?/m1/s1. The Bertz CT molecular complexity index is 1480. The summed E-state index contributed by atoms with van der Waals surface area (Å²) in [5.74, 6) is -0.382. The molecule has 9 heteroatoms. The van der Waals surface area contributed by atoms with Crippen molar-refractivity contribution in [1.82, 2.24) is 19.6 Å². The normalized spacial score (nSPS) is 27.4. The summed E-state index contributed by atoms with van der Waals surface area (Å²) in [7, 11) is 0. The summed E-state index contributed by atoms with van der Waals surface area (Å²) in [6.07, 6.45) is 8.46. The second kappa shape index (κ2) is 16.0. The number of carbonyl (C=O) groups excluding carboxylic acids is 3. The summed E-state index contributed by atoms with van der Waals surface area (Å²) >= 11 is 0. The topological polar surface area (TPSA) is 93.6 Å². The number of allylic oxidation sites excluding steroid dienone is 1. The molecule has 0 radical (unpaired) electrons. The molecule has 0 aromatic heterocycles. The van der Waals surface area contributed by atoms with Crippen LogP contribution in [0.4, 0.5) is 4.79 Å². The summed E-state index contributed by atoms with van der Waals surface area (Å²) < 4.78 is 5.77. The van der Waals surface area contributed by atoms with Gasteiger partial charge in [-0.2, -0.15) is 0 Å². The third kappa shape index (κ3) is 8.71. The minimum Gasteiger partial charge on any atom is -0.444 e. The molecule has 272 valence electrons. The summed E-state index contributed by atoms with van der Waals surface area (Å²) in [5.41, 5.74) is 0.389. The Hall–Kier alpha value is -3.85. The fourth-order valence-corrected chi connectivity index (χ4v) is 8.32. The zero-order valence-electron chi connectivity index (χ0n) is 31.0. The molecular formula is C41H58N4O5. The van der Waals surface area contributed by atoms with Crippen molar-refractivity contribution in [2.45, 2.75) is 109 Å². The van der Waals surface area contributed by atoms with E-state index < -0.39 is 17.1 Å². The van der Waals surface area contributed by atoms with Gasteiger partial charge in [0.2, 0.25) is 11.8 Å². The van der Waals surface area contributed by atoms with Crippen molar-refractivity contribution in [2.24, 2.45) is 11.8 Å². The minimum atomic E-state index is -1.13. The lowest BCUT2D eigenvalue weighted by Gasteiger charge is -2.52. The Morgan fingerprint density at radius 1 is 1.00 bits per heavy atom. The molecule has 1 aliphatic carbocycles. The van der Waals surface area contributed by atoms with Crippen LogP contribution in [0.2, 0.25) is 0 Å². The third-order valence-corrected chi connectivity index (χ3v) is 10.8. The van der Waals surface area contributed by atoms with Crippen molar-refractivity contribution >= 4 is 17.9 Å². The molecule has 2 heterocycles. The number of aliphatic hydroxyl groups is 1. The van der Waals surface area contributed by atoms with E-state index in [9.17, 15) is 14.7 Å². The van der Waals surface area contributed by atoms with Gasteiger partial charge in [-0.3, -0.25) is 9.59 Å². The Kier molecular flexibility index (Phi) is 12.0. The van der Waals surface area contributed by atoms with E-state index in [1.807, 2.05) is 69.0 Å². The Morgan fingerprint density at radius 2 is 1.68 bits per heavy atom. The minimum absolute atomic E-state index is 0.0104. The second-order valence-corrected chi connectivity index (χ2v) is 15.6. The average molecular weight is 687 g/mol. The van der Waals surface area contributed by atoms with Crippen LogP contribution in [0.15, 0.2) is 72.9 Å². The van der Waals surface area contributed by atoms with Gasteiger partial charge in [0.1, 0.15) is 11.2 Å². The van der Waals surface area contributed by atoms with Crippen LogP contribution >= 0.6 is 0 Å². The number of piperazine rings is 1. The quantitative estimate of drug-likeness (QED) is 0.344. The first kappa shape index (κ1) is 37.4. The highest BCUT2D eigenvalue weighted by Crippen LogP contribution is 2.45. The first-order valence-corrected chi connectivity index (χ1v) is 18.6. The number of carbonyl (C=O) groups is 3. The molecule has 5 rings (SSSR count). The van der Waals surface area contributed by atoms with E-state index in [0.29, 0.717) is 39.0 Å². The van der Waals surface area contributed by atoms with E-state index in [0.717, 1.165) is 36.8 Å². The van der Waals surface area contributed by atoms with Crippen LogP contribution in [-0.2, 0) is 20.7 Å². The van der Waals surface area contributed by atoms with E-state index in [2.05, 4.69) is 48.4 Å². The molecule has 3 aliphatic rings. The maximum Gasteiger partial charge on any atom is 0.410 e. The molecule has 2 aliphatic heterocycles.